The Kier molecular flexibility index (Phi) is 7.05. The second-order valence-electron chi connectivity index (χ2n) is 5.70. The van der Waals surface area contributed by atoms with Crippen LogP contribution in [-0.4, -0.2) is 6.61 Å². The molecular weight excluding hydrogens is 310 g/mol. The molecule has 0 aromatic heterocycles. The summed E-state index contributed by atoms with van der Waals surface area (Å²) in [6, 6.07) is 15.6. The van der Waals surface area contributed by atoms with Crippen LogP contribution in [0.4, 0.5) is 0 Å². The summed E-state index contributed by atoms with van der Waals surface area (Å²) in [7, 11) is 0. The highest BCUT2D eigenvalue weighted by atomic mass is 16.5. The fourth-order valence-electron chi connectivity index (χ4n) is 2.45. The van der Waals surface area contributed by atoms with Crippen molar-refractivity contribution in [3.8, 4) is 11.5 Å². The first-order valence-corrected chi connectivity index (χ1v) is 8.27. The van der Waals surface area contributed by atoms with E-state index in [0.717, 1.165) is 28.2 Å². The van der Waals surface area contributed by atoms with Gasteiger partial charge in [-0.15, -0.1) is 0 Å². The highest BCUT2D eigenvalue weighted by molar-refractivity contribution is 5.47. The zero-order valence-electron chi connectivity index (χ0n) is 14.7. The van der Waals surface area contributed by atoms with Crippen molar-refractivity contribution in [2.75, 3.05) is 6.61 Å². The van der Waals surface area contributed by atoms with Crippen LogP contribution in [0.2, 0.25) is 0 Å². The predicted octanol–water partition coefficient (Wildman–Crippen LogP) is 4.96. The Hall–Kier alpha value is -2.78. The van der Waals surface area contributed by atoms with Gasteiger partial charge in [0.25, 0.3) is 0 Å². The van der Waals surface area contributed by atoms with Gasteiger partial charge in [0.05, 0.1) is 5.56 Å². The lowest BCUT2D eigenvalue weighted by molar-refractivity contribution is 0.294. The van der Waals surface area contributed by atoms with Gasteiger partial charge in [0.1, 0.15) is 24.7 Å². The summed E-state index contributed by atoms with van der Waals surface area (Å²) in [5.74, 6) is 1.46. The molecule has 130 valence electrons. The maximum Gasteiger partial charge on any atom is 0.128 e. The molecule has 0 fully saturated rings. The van der Waals surface area contributed by atoms with Gasteiger partial charge in [-0.1, -0.05) is 67.8 Å². The van der Waals surface area contributed by atoms with E-state index in [-0.39, 0.29) is 6.04 Å². The van der Waals surface area contributed by atoms with Crippen LogP contribution >= 0.6 is 0 Å². The molecule has 0 spiro atoms. The molecule has 2 aromatic rings. The molecule has 1 atom stereocenters. The van der Waals surface area contributed by atoms with E-state index < -0.39 is 0 Å². The van der Waals surface area contributed by atoms with E-state index in [1.807, 2.05) is 61.5 Å². The van der Waals surface area contributed by atoms with Crippen molar-refractivity contribution >= 4 is 0 Å². The number of benzene rings is 2. The van der Waals surface area contributed by atoms with Crippen LogP contribution in [0.25, 0.3) is 0 Å². The second kappa shape index (κ2) is 9.50. The monoisotopic (exact) mass is 335 g/mol. The molecule has 2 aromatic carbocycles. The highest BCUT2D eigenvalue weighted by Crippen LogP contribution is 2.33. The number of allylic oxidation sites excluding steroid dienone is 2. The molecule has 2 rings (SSSR count). The minimum absolute atomic E-state index is 0.211. The van der Waals surface area contributed by atoms with E-state index in [0.29, 0.717) is 13.2 Å². The summed E-state index contributed by atoms with van der Waals surface area (Å²) in [4.78, 5) is 0. The maximum atomic E-state index is 6.17. The van der Waals surface area contributed by atoms with Gasteiger partial charge in [-0.3, -0.25) is 0 Å². The summed E-state index contributed by atoms with van der Waals surface area (Å²) in [5, 5.41) is 0. The first-order chi connectivity index (χ1) is 12.2. The molecule has 25 heavy (non-hydrogen) atoms. The fraction of sp³-hybridized carbons (Fsp3) is 0.182. The Morgan fingerprint density at radius 2 is 1.72 bits per heavy atom. The van der Waals surface area contributed by atoms with E-state index in [1.165, 1.54) is 0 Å². The van der Waals surface area contributed by atoms with Gasteiger partial charge in [0.2, 0.25) is 0 Å². The average Bonchev–Trinajstić information content (AvgIpc) is 2.64. The molecule has 0 radical (unpaired) electrons. The molecule has 3 nitrogen and oxygen atoms in total. The summed E-state index contributed by atoms with van der Waals surface area (Å²) in [5.41, 5.74) is 9.08. The molecule has 0 aliphatic carbocycles. The molecule has 2 N–H and O–H groups in total. The molecule has 0 saturated carbocycles. The number of hydrogen-bond acceptors (Lipinski definition) is 3. The smallest absolute Gasteiger partial charge is 0.128 e. The largest absolute Gasteiger partial charge is 0.488 e. The van der Waals surface area contributed by atoms with Crippen LogP contribution in [0, 0.1) is 0 Å². The minimum atomic E-state index is -0.211. The molecule has 1 unspecified atom stereocenters. The molecular formula is C22H25NO2. The number of nitrogens with two attached hydrogens (primary N) is 1. The Morgan fingerprint density at radius 1 is 1.04 bits per heavy atom. The number of hydrogen-bond donors (Lipinski definition) is 1. The van der Waals surface area contributed by atoms with Gasteiger partial charge < -0.3 is 15.2 Å². The second-order valence-corrected chi connectivity index (χ2v) is 5.70. The first kappa shape index (κ1) is 18.6. The Bertz CT molecular complexity index is 733. The Labute approximate surface area is 150 Å². The normalized spacial score (nSPS) is 12.3. The molecule has 0 aliphatic heterocycles. The molecule has 0 heterocycles. The zero-order valence-corrected chi connectivity index (χ0v) is 14.7. The summed E-state index contributed by atoms with van der Waals surface area (Å²) in [6.07, 6.45) is 5.34. The van der Waals surface area contributed by atoms with Crippen LogP contribution in [0.15, 0.2) is 85.5 Å². The van der Waals surface area contributed by atoms with Crippen molar-refractivity contribution in [3.05, 3.63) is 96.6 Å². The third kappa shape index (κ3) is 5.37. The third-order valence-electron chi connectivity index (χ3n) is 3.71. The number of ether oxygens (including phenoxy) is 2. The number of rotatable bonds is 9. The standard InChI is InChI=1S/C22H25NO2/c1-4-10-18(5-2)15-24-20-13-9-14-21(22(20)17(3)23)25-16-19-11-7-6-8-12-19/h4-14,17H,1-2,15-16,23H2,3H3/b18-10+. The maximum absolute atomic E-state index is 6.17. The van der Waals surface area contributed by atoms with Crippen molar-refractivity contribution in [1.29, 1.82) is 0 Å². The lowest BCUT2D eigenvalue weighted by Gasteiger charge is -2.19. The molecule has 3 heteroatoms. The molecule has 0 amide bonds. The van der Waals surface area contributed by atoms with E-state index in [9.17, 15) is 0 Å². The fourth-order valence-corrected chi connectivity index (χ4v) is 2.45. The quantitative estimate of drug-likeness (QED) is 0.659. The Balaban J connectivity index is 2.18. The topological polar surface area (TPSA) is 44.5 Å². The van der Waals surface area contributed by atoms with Gasteiger partial charge in [-0.25, -0.2) is 0 Å². The van der Waals surface area contributed by atoms with Gasteiger partial charge in [0.15, 0.2) is 0 Å². The van der Waals surface area contributed by atoms with E-state index >= 15 is 0 Å². The van der Waals surface area contributed by atoms with Crippen molar-refractivity contribution in [2.45, 2.75) is 19.6 Å². The third-order valence-corrected chi connectivity index (χ3v) is 3.71. The van der Waals surface area contributed by atoms with Crippen LogP contribution in [0.5, 0.6) is 11.5 Å². The predicted molar refractivity (Wildman–Crippen MR) is 104 cm³/mol. The van der Waals surface area contributed by atoms with Gasteiger partial charge in [-0.05, 0) is 30.2 Å². The van der Waals surface area contributed by atoms with Crippen LogP contribution in [0.1, 0.15) is 24.1 Å². The molecule has 0 bridgehead atoms. The summed E-state index contributed by atoms with van der Waals surface area (Å²) in [6.45, 7) is 10.3. The van der Waals surface area contributed by atoms with E-state index in [4.69, 9.17) is 15.2 Å². The van der Waals surface area contributed by atoms with Crippen molar-refractivity contribution in [3.63, 3.8) is 0 Å². The van der Waals surface area contributed by atoms with Gasteiger partial charge in [0, 0.05) is 6.04 Å². The van der Waals surface area contributed by atoms with Crippen molar-refractivity contribution in [2.24, 2.45) is 5.73 Å². The van der Waals surface area contributed by atoms with Crippen LogP contribution < -0.4 is 15.2 Å². The van der Waals surface area contributed by atoms with Gasteiger partial charge >= 0.3 is 0 Å². The lowest BCUT2D eigenvalue weighted by atomic mass is 10.1. The Morgan fingerprint density at radius 3 is 2.32 bits per heavy atom. The minimum Gasteiger partial charge on any atom is -0.488 e. The van der Waals surface area contributed by atoms with Crippen molar-refractivity contribution in [1.82, 2.24) is 0 Å². The van der Waals surface area contributed by atoms with Crippen molar-refractivity contribution < 1.29 is 9.47 Å². The highest BCUT2D eigenvalue weighted by Gasteiger charge is 2.15. The SMILES string of the molecule is C=C/C=C(\C=C)COc1cccc(OCc2ccccc2)c1C(C)N. The molecule has 0 aliphatic rings. The van der Waals surface area contributed by atoms with Crippen LogP contribution in [0.3, 0.4) is 0 Å². The summed E-state index contributed by atoms with van der Waals surface area (Å²) >= 11 is 0. The first-order valence-electron chi connectivity index (χ1n) is 8.27. The lowest BCUT2D eigenvalue weighted by Crippen LogP contribution is -2.11. The van der Waals surface area contributed by atoms with Crippen LogP contribution in [-0.2, 0) is 6.61 Å². The van der Waals surface area contributed by atoms with Gasteiger partial charge in [-0.2, -0.15) is 0 Å². The summed E-state index contributed by atoms with van der Waals surface area (Å²) < 4.78 is 11.9. The zero-order chi connectivity index (χ0) is 18.1. The molecule has 0 saturated heterocycles. The van der Waals surface area contributed by atoms with E-state index in [1.54, 1.807) is 12.2 Å². The van der Waals surface area contributed by atoms with E-state index in [2.05, 4.69) is 13.2 Å². The average molecular weight is 335 g/mol.